The topological polar surface area (TPSA) is 37.3 Å². The standard InChI is InChI=1S/C14H15ClO2S/c1-10-5-11(7-12(15)6-10)8-14(9-13(16)17)3-2-4-18-14/h2,4-7H,3,8-9H2,1H3,(H,16,17)/t14-/m1/s1. The number of carboxylic acids is 1. The molecule has 18 heavy (non-hydrogen) atoms. The molecule has 1 aliphatic heterocycles. The molecule has 1 aromatic carbocycles. The third-order valence-electron chi connectivity index (χ3n) is 3.01. The highest BCUT2D eigenvalue weighted by atomic mass is 35.5. The number of thioether (sulfide) groups is 1. The highest BCUT2D eigenvalue weighted by molar-refractivity contribution is 8.03. The number of aryl methyl sites for hydroxylation is 1. The summed E-state index contributed by atoms with van der Waals surface area (Å²) < 4.78 is -0.247. The zero-order chi connectivity index (χ0) is 13.2. The van der Waals surface area contributed by atoms with Crippen molar-refractivity contribution in [3.05, 3.63) is 45.8 Å². The van der Waals surface area contributed by atoms with E-state index in [1.54, 1.807) is 11.8 Å². The van der Waals surface area contributed by atoms with Crippen LogP contribution in [0.4, 0.5) is 0 Å². The highest BCUT2D eigenvalue weighted by Gasteiger charge is 2.34. The first kappa shape index (κ1) is 13.5. The van der Waals surface area contributed by atoms with E-state index in [1.807, 2.05) is 30.5 Å². The number of carboxylic acid groups (broad SMARTS) is 1. The fourth-order valence-corrected chi connectivity index (χ4v) is 3.80. The number of rotatable bonds is 4. The molecule has 2 nitrogen and oxygen atoms in total. The molecule has 1 heterocycles. The lowest BCUT2D eigenvalue weighted by atomic mass is 9.91. The Bertz CT molecular complexity index is 468. The number of halogens is 1. The zero-order valence-electron chi connectivity index (χ0n) is 10.1. The van der Waals surface area contributed by atoms with Crippen molar-refractivity contribution in [2.45, 2.75) is 30.9 Å². The third-order valence-corrected chi connectivity index (χ3v) is 4.51. The van der Waals surface area contributed by atoms with Crippen LogP contribution < -0.4 is 0 Å². The molecule has 1 N–H and O–H groups in total. The molecule has 1 aliphatic rings. The predicted molar refractivity (Wildman–Crippen MR) is 76.2 cm³/mol. The summed E-state index contributed by atoms with van der Waals surface area (Å²) in [6, 6.07) is 5.92. The van der Waals surface area contributed by atoms with Crippen LogP contribution in [0.1, 0.15) is 24.0 Å². The summed E-state index contributed by atoms with van der Waals surface area (Å²) in [5.74, 6) is -0.745. The van der Waals surface area contributed by atoms with Crippen molar-refractivity contribution in [1.29, 1.82) is 0 Å². The lowest BCUT2D eigenvalue weighted by Gasteiger charge is -2.26. The summed E-state index contributed by atoms with van der Waals surface area (Å²) in [6.45, 7) is 2.00. The minimum atomic E-state index is -0.745. The van der Waals surface area contributed by atoms with Crippen LogP contribution in [0.15, 0.2) is 29.7 Å². The van der Waals surface area contributed by atoms with Crippen LogP contribution in [0, 0.1) is 6.92 Å². The monoisotopic (exact) mass is 282 g/mol. The second-order valence-corrected chi connectivity index (χ2v) is 6.57. The highest BCUT2D eigenvalue weighted by Crippen LogP contribution is 2.42. The summed E-state index contributed by atoms with van der Waals surface area (Å²) in [4.78, 5) is 11.0. The molecule has 1 aromatic rings. The van der Waals surface area contributed by atoms with Gasteiger partial charge in [-0.2, -0.15) is 0 Å². The van der Waals surface area contributed by atoms with Gasteiger partial charge in [0, 0.05) is 9.77 Å². The first-order chi connectivity index (χ1) is 8.49. The minimum Gasteiger partial charge on any atom is -0.481 e. The van der Waals surface area contributed by atoms with Gasteiger partial charge in [0.15, 0.2) is 0 Å². The van der Waals surface area contributed by atoms with Crippen LogP contribution in [-0.4, -0.2) is 15.8 Å². The molecule has 0 saturated heterocycles. The molecular weight excluding hydrogens is 268 g/mol. The van der Waals surface area contributed by atoms with Crippen LogP contribution in [0.3, 0.4) is 0 Å². The third kappa shape index (κ3) is 3.30. The van der Waals surface area contributed by atoms with E-state index in [0.29, 0.717) is 5.02 Å². The van der Waals surface area contributed by atoms with E-state index >= 15 is 0 Å². The molecule has 0 spiro atoms. The van der Waals surface area contributed by atoms with Crippen molar-refractivity contribution in [2.24, 2.45) is 0 Å². The van der Waals surface area contributed by atoms with Crippen molar-refractivity contribution < 1.29 is 9.90 Å². The second-order valence-electron chi connectivity index (χ2n) is 4.76. The first-order valence-corrected chi connectivity index (χ1v) is 7.06. The number of hydrogen-bond donors (Lipinski definition) is 1. The van der Waals surface area contributed by atoms with E-state index in [0.717, 1.165) is 24.0 Å². The Morgan fingerprint density at radius 2 is 2.28 bits per heavy atom. The van der Waals surface area contributed by atoms with E-state index in [4.69, 9.17) is 16.7 Å². The lowest BCUT2D eigenvalue weighted by Crippen LogP contribution is -2.28. The van der Waals surface area contributed by atoms with Gasteiger partial charge in [-0.25, -0.2) is 0 Å². The molecule has 0 aliphatic carbocycles. The quantitative estimate of drug-likeness (QED) is 0.905. The maximum Gasteiger partial charge on any atom is 0.304 e. The molecule has 0 unspecified atom stereocenters. The molecule has 0 fully saturated rings. The van der Waals surface area contributed by atoms with Crippen LogP contribution in [0.5, 0.6) is 0 Å². The predicted octanol–water partition coefficient (Wildman–Crippen LogP) is 4.06. The fraction of sp³-hybridized carbons (Fsp3) is 0.357. The Morgan fingerprint density at radius 1 is 1.50 bits per heavy atom. The van der Waals surface area contributed by atoms with E-state index in [-0.39, 0.29) is 11.2 Å². The van der Waals surface area contributed by atoms with Crippen LogP contribution in [0.2, 0.25) is 5.02 Å². The SMILES string of the molecule is Cc1cc(Cl)cc(C[C@@]2(CC(=O)O)CC=CS2)c1. The molecular formula is C14H15ClO2S. The van der Waals surface area contributed by atoms with E-state index in [9.17, 15) is 4.79 Å². The van der Waals surface area contributed by atoms with Gasteiger partial charge in [0.1, 0.15) is 0 Å². The molecule has 0 saturated carbocycles. The Kier molecular flexibility index (Phi) is 4.03. The van der Waals surface area contributed by atoms with Gasteiger partial charge >= 0.3 is 5.97 Å². The smallest absolute Gasteiger partial charge is 0.304 e. The second kappa shape index (κ2) is 5.37. The van der Waals surface area contributed by atoms with Gasteiger partial charge in [-0.3, -0.25) is 4.79 Å². The van der Waals surface area contributed by atoms with Crippen molar-refractivity contribution in [3.63, 3.8) is 0 Å². The van der Waals surface area contributed by atoms with E-state index in [1.165, 1.54) is 0 Å². The fourth-order valence-electron chi connectivity index (χ4n) is 2.36. The number of carbonyl (C=O) groups is 1. The first-order valence-electron chi connectivity index (χ1n) is 5.80. The lowest BCUT2D eigenvalue weighted by molar-refractivity contribution is -0.137. The van der Waals surface area contributed by atoms with Gasteiger partial charge in [-0.05, 0) is 48.4 Å². The number of aliphatic carboxylic acids is 1. The molecule has 0 amide bonds. The van der Waals surface area contributed by atoms with Crippen LogP contribution in [0.25, 0.3) is 0 Å². The van der Waals surface area contributed by atoms with Crippen LogP contribution >= 0.6 is 23.4 Å². The van der Waals surface area contributed by atoms with Gasteiger partial charge in [-0.15, -0.1) is 11.8 Å². The number of hydrogen-bond acceptors (Lipinski definition) is 2. The zero-order valence-corrected chi connectivity index (χ0v) is 11.7. The molecule has 2 rings (SSSR count). The van der Waals surface area contributed by atoms with Gasteiger partial charge in [0.05, 0.1) is 6.42 Å². The summed E-state index contributed by atoms with van der Waals surface area (Å²) in [6.07, 6.45) is 3.76. The summed E-state index contributed by atoms with van der Waals surface area (Å²) in [7, 11) is 0. The Labute approximate surface area is 116 Å². The summed E-state index contributed by atoms with van der Waals surface area (Å²) >= 11 is 7.67. The molecule has 1 atom stereocenters. The summed E-state index contributed by atoms with van der Waals surface area (Å²) in [5, 5.41) is 11.8. The van der Waals surface area contributed by atoms with Crippen molar-refractivity contribution in [3.8, 4) is 0 Å². The maximum atomic E-state index is 11.0. The van der Waals surface area contributed by atoms with Gasteiger partial charge in [-0.1, -0.05) is 23.7 Å². The maximum absolute atomic E-state index is 11.0. The largest absolute Gasteiger partial charge is 0.481 e. The van der Waals surface area contributed by atoms with Gasteiger partial charge in [0.25, 0.3) is 0 Å². The molecule has 0 radical (unpaired) electrons. The van der Waals surface area contributed by atoms with Crippen molar-refractivity contribution >= 4 is 29.3 Å². The molecule has 0 aromatic heterocycles. The Balaban J connectivity index is 2.21. The summed E-state index contributed by atoms with van der Waals surface area (Å²) in [5.41, 5.74) is 2.22. The number of benzene rings is 1. The molecule has 4 heteroatoms. The average Bonchev–Trinajstić information content (AvgIpc) is 2.63. The van der Waals surface area contributed by atoms with Gasteiger partial charge < -0.3 is 5.11 Å². The van der Waals surface area contributed by atoms with Crippen molar-refractivity contribution in [1.82, 2.24) is 0 Å². The Morgan fingerprint density at radius 3 is 2.83 bits per heavy atom. The van der Waals surface area contributed by atoms with E-state index in [2.05, 4.69) is 6.07 Å². The van der Waals surface area contributed by atoms with Crippen molar-refractivity contribution in [2.75, 3.05) is 0 Å². The molecule has 96 valence electrons. The van der Waals surface area contributed by atoms with Crippen LogP contribution in [-0.2, 0) is 11.2 Å². The normalized spacial score (nSPS) is 22.3. The Hall–Kier alpha value is -0.930. The van der Waals surface area contributed by atoms with Gasteiger partial charge in [0.2, 0.25) is 0 Å². The average molecular weight is 283 g/mol. The minimum absolute atomic E-state index is 0.177. The van der Waals surface area contributed by atoms with E-state index < -0.39 is 5.97 Å². The molecule has 0 bridgehead atoms. The number of allylic oxidation sites excluding steroid dienone is 1.